The largest absolute Gasteiger partial charge is 0.481 e. The molecule has 0 fully saturated rings. The molecule has 4 rings (SSSR count). The van der Waals surface area contributed by atoms with Crippen LogP contribution in [0.2, 0.25) is 0 Å². The lowest BCUT2D eigenvalue weighted by atomic mass is 9.91. The molecule has 35 heavy (non-hydrogen) atoms. The molecule has 0 saturated heterocycles. The molecule has 0 spiro atoms. The van der Waals surface area contributed by atoms with Crippen LogP contribution in [0.5, 0.6) is 0 Å². The number of carbonyl (C=O) groups excluding carboxylic acids is 2. The van der Waals surface area contributed by atoms with Crippen LogP contribution in [0.1, 0.15) is 50.2 Å². The second-order valence-electron chi connectivity index (χ2n) is 9.63. The Labute approximate surface area is 205 Å². The minimum absolute atomic E-state index is 0.00917. The molecule has 2 aliphatic carbocycles. The number of carboxylic acid groups (broad SMARTS) is 1. The molecule has 0 radical (unpaired) electrons. The highest BCUT2D eigenvalue weighted by Gasteiger charge is 2.30. The fourth-order valence-corrected chi connectivity index (χ4v) is 4.91. The minimum Gasteiger partial charge on any atom is -0.481 e. The Morgan fingerprint density at radius 2 is 1.66 bits per heavy atom. The predicted molar refractivity (Wildman–Crippen MR) is 133 cm³/mol. The number of aliphatic carboxylic acids is 1. The number of ether oxygens (including phenoxy) is 1. The third-order valence-corrected chi connectivity index (χ3v) is 6.88. The molecule has 2 amide bonds. The van der Waals surface area contributed by atoms with Gasteiger partial charge in [0.2, 0.25) is 5.91 Å². The van der Waals surface area contributed by atoms with Crippen molar-refractivity contribution in [2.45, 2.75) is 51.1 Å². The lowest BCUT2D eigenvalue weighted by Gasteiger charge is -2.26. The number of hydrogen-bond acceptors (Lipinski definition) is 4. The van der Waals surface area contributed by atoms with Crippen molar-refractivity contribution in [3.63, 3.8) is 0 Å². The monoisotopic (exact) mass is 476 g/mol. The Kier molecular flexibility index (Phi) is 7.54. The maximum absolute atomic E-state index is 12.7. The van der Waals surface area contributed by atoms with Gasteiger partial charge >= 0.3 is 12.1 Å². The van der Waals surface area contributed by atoms with Gasteiger partial charge in [0.15, 0.2) is 0 Å². The number of hydrogen-bond donors (Lipinski definition) is 3. The molecular formula is C28H32N2O5. The van der Waals surface area contributed by atoms with Crippen LogP contribution < -0.4 is 10.6 Å². The molecule has 7 nitrogen and oxygen atoms in total. The van der Waals surface area contributed by atoms with Crippen LogP contribution in [-0.2, 0) is 14.3 Å². The lowest BCUT2D eigenvalue weighted by molar-refractivity contribution is -0.142. The molecule has 7 heteroatoms. The van der Waals surface area contributed by atoms with E-state index in [1.807, 2.05) is 44.2 Å². The third-order valence-electron chi connectivity index (χ3n) is 6.88. The Balaban J connectivity index is 1.33. The van der Waals surface area contributed by atoms with E-state index in [0.29, 0.717) is 12.8 Å². The Bertz CT molecular complexity index is 1080. The van der Waals surface area contributed by atoms with E-state index < -0.39 is 24.0 Å². The normalized spacial score (nSPS) is 19.5. The third kappa shape index (κ3) is 5.73. The molecule has 184 valence electrons. The van der Waals surface area contributed by atoms with Crippen LogP contribution in [0.25, 0.3) is 11.1 Å². The number of amides is 2. The molecule has 1 unspecified atom stereocenters. The fourth-order valence-electron chi connectivity index (χ4n) is 4.91. The van der Waals surface area contributed by atoms with E-state index >= 15 is 0 Å². The van der Waals surface area contributed by atoms with E-state index in [1.54, 1.807) is 6.08 Å². The summed E-state index contributed by atoms with van der Waals surface area (Å²) in [5, 5.41) is 15.0. The zero-order chi connectivity index (χ0) is 24.9. The summed E-state index contributed by atoms with van der Waals surface area (Å²) in [6.07, 6.45) is 4.00. The Morgan fingerprint density at radius 1 is 1.03 bits per heavy atom. The Morgan fingerprint density at radius 3 is 2.26 bits per heavy atom. The van der Waals surface area contributed by atoms with E-state index in [2.05, 4.69) is 34.9 Å². The van der Waals surface area contributed by atoms with Gasteiger partial charge in [-0.2, -0.15) is 0 Å². The SMILES string of the molecule is CC(C)C(CC(=O)N[C@@H]1C=CC[C@@H](C(=O)O)C1)NC(=O)OCC1c2ccccc2-c2ccccc21. The second-order valence-corrected chi connectivity index (χ2v) is 9.63. The fraction of sp³-hybridized carbons (Fsp3) is 0.393. The molecule has 0 aliphatic heterocycles. The zero-order valence-electron chi connectivity index (χ0n) is 20.1. The van der Waals surface area contributed by atoms with Crippen molar-refractivity contribution in [1.29, 1.82) is 0 Å². The number of rotatable bonds is 8. The smallest absolute Gasteiger partial charge is 0.407 e. The molecule has 3 atom stereocenters. The first kappa shape index (κ1) is 24.5. The van der Waals surface area contributed by atoms with E-state index in [1.165, 1.54) is 0 Å². The number of carbonyl (C=O) groups is 3. The topological polar surface area (TPSA) is 105 Å². The van der Waals surface area contributed by atoms with E-state index in [0.717, 1.165) is 22.3 Å². The van der Waals surface area contributed by atoms with Crippen LogP contribution in [0.4, 0.5) is 4.79 Å². The first-order chi connectivity index (χ1) is 16.8. The van der Waals surface area contributed by atoms with Gasteiger partial charge in [0.1, 0.15) is 6.61 Å². The van der Waals surface area contributed by atoms with Crippen molar-refractivity contribution in [3.05, 3.63) is 71.8 Å². The van der Waals surface area contributed by atoms with Crippen LogP contribution in [0, 0.1) is 11.8 Å². The molecule has 2 aromatic rings. The molecule has 3 N–H and O–H groups in total. The van der Waals surface area contributed by atoms with Crippen molar-refractivity contribution in [1.82, 2.24) is 10.6 Å². The molecule has 0 heterocycles. The Hall–Kier alpha value is -3.61. The maximum Gasteiger partial charge on any atom is 0.407 e. The standard InChI is InChI=1S/C28H32N2O5/c1-17(2)25(15-26(31)29-19-9-7-8-18(14-19)27(32)33)30-28(34)35-16-24-22-12-5-3-10-20(22)21-11-4-6-13-23(21)24/h3-7,9-13,17-19,24-25H,8,14-16H2,1-2H3,(H,29,31)(H,30,34)(H,32,33)/t18-,19-,25?/m1/s1. The average molecular weight is 477 g/mol. The van der Waals surface area contributed by atoms with Gasteiger partial charge in [0, 0.05) is 24.4 Å². The molecule has 2 aliphatic rings. The summed E-state index contributed by atoms with van der Waals surface area (Å²) in [5.41, 5.74) is 4.61. The molecule has 0 bridgehead atoms. The second kappa shape index (κ2) is 10.8. The maximum atomic E-state index is 12.7. The van der Waals surface area contributed by atoms with Crippen LogP contribution in [-0.4, -0.2) is 41.8 Å². The predicted octanol–water partition coefficient (Wildman–Crippen LogP) is 4.48. The van der Waals surface area contributed by atoms with Crippen molar-refractivity contribution < 1.29 is 24.2 Å². The summed E-state index contributed by atoms with van der Waals surface area (Å²) < 4.78 is 5.63. The first-order valence-corrected chi connectivity index (χ1v) is 12.1. The van der Waals surface area contributed by atoms with Crippen molar-refractivity contribution in [2.24, 2.45) is 11.8 Å². The quantitative estimate of drug-likeness (QED) is 0.488. The average Bonchev–Trinajstić information content (AvgIpc) is 3.16. The summed E-state index contributed by atoms with van der Waals surface area (Å²) in [6.45, 7) is 4.08. The number of benzene rings is 2. The van der Waals surface area contributed by atoms with Crippen LogP contribution in [0.15, 0.2) is 60.7 Å². The van der Waals surface area contributed by atoms with Gasteiger partial charge in [-0.25, -0.2) is 4.79 Å². The number of alkyl carbamates (subject to hydrolysis) is 1. The first-order valence-electron chi connectivity index (χ1n) is 12.1. The van der Waals surface area contributed by atoms with Gasteiger partial charge < -0.3 is 20.5 Å². The van der Waals surface area contributed by atoms with E-state index in [9.17, 15) is 19.5 Å². The highest BCUT2D eigenvalue weighted by Crippen LogP contribution is 2.44. The van der Waals surface area contributed by atoms with E-state index in [-0.39, 0.29) is 36.8 Å². The van der Waals surface area contributed by atoms with Crippen molar-refractivity contribution in [2.75, 3.05) is 6.61 Å². The summed E-state index contributed by atoms with van der Waals surface area (Å²) in [6, 6.07) is 15.6. The molecule has 0 saturated carbocycles. The van der Waals surface area contributed by atoms with Crippen molar-refractivity contribution >= 4 is 18.0 Å². The summed E-state index contributed by atoms with van der Waals surface area (Å²) >= 11 is 0. The summed E-state index contributed by atoms with van der Waals surface area (Å²) in [5.74, 6) is -1.61. The van der Waals surface area contributed by atoms with Gasteiger partial charge in [-0.1, -0.05) is 74.5 Å². The lowest BCUT2D eigenvalue weighted by Crippen LogP contribution is -2.45. The van der Waals surface area contributed by atoms with Crippen molar-refractivity contribution in [3.8, 4) is 11.1 Å². The number of allylic oxidation sites excluding steroid dienone is 1. The molecular weight excluding hydrogens is 444 g/mol. The van der Waals surface area contributed by atoms with Gasteiger partial charge in [-0.05, 0) is 41.0 Å². The van der Waals surface area contributed by atoms with E-state index in [4.69, 9.17) is 4.74 Å². The highest BCUT2D eigenvalue weighted by molar-refractivity contribution is 5.80. The molecule has 0 aromatic heterocycles. The van der Waals surface area contributed by atoms with Crippen LogP contribution in [0.3, 0.4) is 0 Å². The van der Waals surface area contributed by atoms with Gasteiger partial charge in [0.25, 0.3) is 0 Å². The zero-order valence-corrected chi connectivity index (χ0v) is 20.1. The van der Waals surface area contributed by atoms with Crippen LogP contribution >= 0.6 is 0 Å². The van der Waals surface area contributed by atoms with Gasteiger partial charge in [-0.15, -0.1) is 0 Å². The summed E-state index contributed by atoms with van der Waals surface area (Å²) in [4.78, 5) is 36.6. The number of nitrogens with one attached hydrogen (secondary N) is 2. The van der Waals surface area contributed by atoms with Gasteiger partial charge in [-0.3, -0.25) is 9.59 Å². The minimum atomic E-state index is -0.856. The highest BCUT2D eigenvalue weighted by atomic mass is 16.5. The number of fused-ring (bicyclic) bond motifs is 3. The summed E-state index contributed by atoms with van der Waals surface area (Å²) in [7, 11) is 0. The van der Waals surface area contributed by atoms with Gasteiger partial charge in [0.05, 0.1) is 5.92 Å². The molecule has 2 aromatic carbocycles. The number of carboxylic acids is 1.